The van der Waals surface area contributed by atoms with Gasteiger partial charge in [-0.3, -0.25) is 4.79 Å². The quantitative estimate of drug-likeness (QED) is 0.333. The number of methoxy groups -OCH3 is 1. The predicted octanol–water partition coefficient (Wildman–Crippen LogP) is 3.85. The molecule has 5 fully saturated rings. The maximum absolute atomic E-state index is 14.1. The van der Waals surface area contributed by atoms with Gasteiger partial charge in [0.1, 0.15) is 11.7 Å². The van der Waals surface area contributed by atoms with Crippen LogP contribution in [-0.4, -0.2) is 41.6 Å². The number of hydrogen-bond donors (Lipinski definition) is 1. The van der Waals surface area contributed by atoms with Gasteiger partial charge in [-0.2, -0.15) is 0 Å². The van der Waals surface area contributed by atoms with Crippen molar-refractivity contribution in [2.45, 2.75) is 65.1 Å². The van der Waals surface area contributed by atoms with Gasteiger partial charge >= 0.3 is 11.9 Å². The van der Waals surface area contributed by atoms with Crippen molar-refractivity contribution in [3.8, 4) is 0 Å². The lowest BCUT2D eigenvalue weighted by molar-refractivity contribution is -0.175. The molecule has 6 heteroatoms. The second-order valence-corrected chi connectivity index (χ2v) is 13.6. The minimum atomic E-state index is -1.22. The van der Waals surface area contributed by atoms with Crippen LogP contribution in [0.4, 0.5) is 0 Å². The van der Waals surface area contributed by atoms with Gasteiger partial charge in [-0.25, -0.2) is 9.59 Å². The Labute approximate surface area is 216 Å². The molecule has 1 heterocycles. The second-order valence-electron chi connectivity index (χ2n) is 13.6. The molecule has 11 atom stereocenters. The van der Waals surface area contributed by atoms with Crippen molar-refractivity contribution in [3.63, 3.8) is 0 Å². The first-order valence-corrected chi connectivity index (χ1v) is 13.8. The molecule has 0 aromatic heterocycles. The Morgan fingerprint density at radius 2 is 1.84 bits per heavy atom. The average Bonchev–Trinajstić information content (AvgIpc) is 3.77. The molecule has 0 aromatic carbocycles. The Bertz CT molecular complexity index is 1390. The minimum absolute atomic E-state index is 0.000222. The second kappa shape index (κ2) is 6.22. The summed E-state index contributed by atoms with van der Waals surface area (Å²) in [5.41, 5.74) is 4.08. The lowest BCUT2D eigenvalue weighted by atomic mass is 9.42. The van der Waals surface area contributed by atoms with E-state index in [1.807, 2.05) is 13.8 Å². The Morgan fingerprint density at radius 3 is 2.54 bits per heavy atom. The van der Waals surface area contributed by atoms with Crippen molar-refractivity contribution in [1.29, 1.82) is 0 Å². The fourth-order valence-electron chi connectivity index (χ4n) is 11.0. The molecular formula is C31H34O6. The van der Waals surface area contributed by atoms with Gasteiger partial charge < -0.3 is 14.6 Å². The molecule has 8 aliphatic rings. The molecule has 0 radical (unpaired) electrons. The van der Waals surface area contributed by atoms with Crippen LogP contribution in [0.5, 0.6) is 0 Å². The normalized spacial score (nSPS) is 53.1. The maximum Gasteiger partial charge on any atom is 0.334 e. The van der Waals surface area contributed by atoms with Gasteiger partial charge in [0.15, 0.2) is 5.78 Å². The number of rotatable bonds is 1. The number of allylic oxidation sites excluding steroid dienone is 2. The number of fused-ring (bicyclic) bond motifs is 7. The van der Waals surface area contributed by atoms with Gasteiger partial charge in [-0.15, -0.1) is 0 Å². The van der Waals surface area contributed by atoms with Crippen molar-refractivity contribution in [2.24, 2.45) is 52.3 Å². The SMILES string of the molecule is C=C1[C@H]2C[C@H]2[C@]2(C)[C@@H]3CC4=C5[C@H](/C(=C(/C)C(=O)OC)C(=O)[C@H](O)[C@@]5(C)[C@@H]5C[C@H]45)[C@@]34OC(=O)C(C)=C4C[C@@H]12. The zero-order valence-electron chi connectivity index (χ0n) is 22.1. The number of aliphatic hydroxyl groups is 1. The van der Waals surface area contributed by atoms with Gasteiger partial charge in [0.2, 0.25) is 0 Å². The standard InChI is InChI=1S/C31H34O6/c1-11-14-7-19(14)29(4)17(11)10-18-12(2)28(35)37-31(18)21(29)9-16-15-8-20(15)30(5)23(16)24(31)22(25(32)26(30)33)13(3)27(34)36-6/h14-15,17,19-21,24,26,33H,1,7-10H2,2-6H3/b22-13+/t14-,15-,17+,19-,20-,21+,24+,26+,29-,30+,31+/m1/s1. The summed E-state index contributed by atoms with van der Waals surface area (Å²) < 4.78 is 11.7. The third kappa shape index (κ3) is 2.08. The molecule has 5 saturated carbocycles. The molecule has 0 aromatic rings. The fourth-order valence-corrected chi connectivity index (χ4v) is 11.0. The van der Waals surface area contributed by atoms with E-state index in [1.54, 1.807) is 6.92 Å². The zero-order valence-corrected chi connectivity index (χ0v) is 22.1. The molecule has 1 spiro atoms. The Kier molecular flexibility index (Phi) is 3.78. The maximum atomic E-state index is 14.1. The molecule has 0 unspecified atom stereocenters. The van der Waals surface area contributed by atoms with Gasteiger partial charge in [-0.05, 0) is 85.7 Å². The first kappa shape index (κ1) is 22.5. The van der Waals surface area contributed by atoms with Crippen LogP contribution >= 0.6 is 0 Å². The highest BCUT2D eigenvalue weighted by atomic mass is 16.6. The van der Waals surface area contributed by atoms with E-state index < -0.39 is 34.8 Å². The first-order valence-electron chi connectivity index (χ1n) is 13.8. The van der Waals surface area contributed by atoms with Crippen LogP contribution in [0.2, 0.25) is 0 Å². The lowest BCUT2D eigenvalue weighted by Crippen LogP contribution is -2.65. The van der Waals surface area contributed by atoms with Crippen molar-refractivity contribution in [1.82, 2.24) is 0 Å². The van der Waals surface area contributed by atoms with E-state index in [9.17, 15) is 19.5 Å². The highest BCUT2D eigenvalue weighted by molar-refractivity contribution is 6.09. The number of aliphatic hydroxyl groups excluding tert-OH is 1. The van der Waals surface area contributed by atoms with Crippen molar-refractivity contribution in [3.05, 3.63) is 45.6 Å². The number of carbonyl (C=O) groups is 3. The zero-order chi connectivity index (χ0) is 26.1. The molecular weight excluding hydrogens is 468 g/mol. The molecule has 194 valence electrons. The van der Waals surface area contributed by atoms with E-state index >= 15 is 0 Å². The lowest BCUT2D eigenvalue weighted by Gasteiger charge is -2.62. The van der Waals surface area contributed by atoms with Crippen molar-refractivity contribution < 1.29 is 29.0 Å². The molecule has 0 bridgehead atoms. The summed E-state index contributed by atoms with van der Waals surface area (Å²) in [5, 5.41) is 11.6. The van der Waals surface area contributed by atoms with E-state index in [-0.39, 0.29) is 34.7 Å². The topological polar surface area (TPSA) is 89.9 Å². The molecule has 6 nitrogen and oxygen atoms in total. The summed E-state index contributed by atoms with van der Waals surface area (Å²) in [6.45, 7) is 12.4. The van der Waals surface area contributed by atoms with Gasteiger partial charge in [0.05, 0.1) is 13.0 Å². The molecule has 1 N–H and O–H groups in total. The smallest absolute Gasteiger partial charge is 0.334 e. The number of ketones is 1. The number of Topliss-reactive ketones (excluding diaryl/α,β-unsaturated/α-hetero) is 1. The number of esters is 2. The van der Waals surface area contributed by atoms with Crippen LogP contribution in [0, 0.1) is 52.3 Å². The van der Waals surface area contributed by atoms with Crippen LogP contribution in [0.25, 0.3) is 0 Å². The Hall–Kier alpha value is -2.47. The highest BCUT2D eigenvalue weighted by Gasteiger charge is 2.80. The molecule has 8 rings (SSSR count). The van der Waals surface area contributed by atoms with Gasteiger partial charge in [-0.1, -0.05) is 31.6 Å². The summed E-state index contributed by atoms with van der Waals surface area (Å²) >= 11 is 0. The van der Waals surface area contributed by atoms with Crippen molar-refractivity contribution >= 4 is 17.7 Å². The Morgan fingerprint density at radius 1 is 1.14 bits per heavy atom. The highest BCUT2D eigenvalue weighted by Crippen LogP contribution is 2.82. The molecule has 37 heavy (non-hydrogen) atoms. The van der Waals surface area contributed by atoms with Crippen LogP contribution < -0.4 is 0 Å². The van der Waals surface area contributed by atoms with Gasteiger partial charge in [0, 0.05) is 28.1 Å². The van der Waals surface area contributed by atoms with E-state index in [1.165, 1.54) is 18.3 Å². The van der Waals surface area contributed by atoms with Crippen LogP contribution in [-0.2, 0) is 23.9 Å². The summed E-state index contributed by atoms with van der Waals surface area (Å²) in [5.74, 6) is 0.0426. The van der Waals surface area contributed by atoms with Crippen LogP contribution in [0.3, 0.4) is 0 Å². The molecule has 0 amide bonds. The largest absolute Gasteiger partial charge is 0.466 e. The third-order valence-corrected chi connectivity index (χ3v) is 12.8. The summed E-state index contributed by atoms with van der Waals surface area (Å²) in [4.78, 5) is 40.5. The summed E-state index contributed by atoms with van der Waals surface area (Å²) in [6, 6.07) is 0. The van der Waals surface area contributed by atoms with E-state index in [0.29, 0.717) is 35.3 Å². The molecule has 1 aliphatic heterocycles. The van der Waals surface area contributed by atoms with Gasteiger partial charge in [0.25, 0.3) is 0 Å². The molecule has 7 aliphatic carbocycles. The van der Waals surface area contributed by atoms with E-state index in [2.05, 4.69) is 13.5 Å². The van der Waals surface area contributed by atoms with Crippen LogP contribution in [0.15, 0.2) is 45.6 Å². The minimum Gasteiger partial charge on any atom is -0.466 e. The first-order chi connectivity index (χ1) is 17.4. The van der Waals surface area contributed by atoms with E-state index in [0.717, 1.165) is 30.4 Å². The Balaban J connectivity index is 1.47. The van der Waals surface area contributed by atoms with Crippen molar-refractivity contribution in [2.75, 3.05) is 7.11 Å². The average molecular weight is 503 g/mol. The summed E-state index contributed by atoms with van der Waals surface area (Å²) in [6.07, 6.45) is 2.43. The fraction of sp³-hybridized carbons (Fsp3) is 0.645. The monoisotopic (exact) mass is 502 g/mol. The van der Waals surface area contributed by atoms with Crippen LogP contribution in [0.1, 0.15) is 53.4 Å². The third-order valence-electron chi connectivity index (χ3n) is 12.8. The van der Waals surface area contributed by atoms with E-state index in [4.69, 9.17) is 9.47 Å². The summed E-state index contributed by atoms with van der Waals surface area (Å²) in [7, 11) is 1.31. The molecule has 0 saturated heterocycles. The predicted molar refractivity (Wildman–Crippen MR) is 133 cm³/mol. The number of carbonyl (C=O) groups excluding carboxylic acids is 3. The number of hydrogen-bond acceptors (Lipinski definition) is 6. The number of ether oxygens (including phenoxy) is 2.